The second kappa shape index (κ2) is 32.1. The van der Waals surface area contributed by atoms with E-state index in [9.17, 15) is 9.59 Å². The molecule has 6 fully saturated rings. The summed E-state index contributed by atoms with van der Waals surface area (Å²) < 4.78 is 27.9. The van der Waals surface area contributed by atoms with Gasteiger partial charge in [-0.1, -0.05) is 122 Å². The normalized spacial score (nSPS) is 23.8. The average Bonchev–Trinajstić information content (AvgIpc) is 3.53. The molecule has 18 heteroatoms. The van der Waals surface area contributed by atoms with Gasteiger partial charge in [-0.25, -0.2) is 9.59 Å². The number of rotatable bonds is 12. The summed E-state index contributed by atoms with van der Waals surface area (Å²) in [6.07, 6.45) is 18.1. The van der Waals surface area contributed by atoms with Crippen molar-refractivity contribution in [3.05, 3.63) is 130 Å². The third kappa shape index (κ3) is 17.2. The first-order chi connectivity index (χ1) is 38.2. The molecule has 10 rings (SSSR count). The van der Waals surface area contributed by atoms with Crippen LogP contribution in [0.2, 0.25) is 10.0 Å². The second-order valence-corrected chi connectivity index (χ2v) is 22.3. The van der Waals surface area contributed by atoms with Gasteiger partial charge in [0.1, 0.15) is 23.7 Å². The van der Waals surface area contributed by atoms with Crippen LogP contribution >= 0.6 is 23.2 Å². The maximum absolute atomic E-state index is 13.2. The van der Waals surface area contributed by atoms with Crippen LogP contribution in [0.4, 0.5) is 9.59 Å². The zero-order valence-electron chi connectivity index (χ0n) is 45.5. The fraction of sp³-hybridized carbons (Fsp3) is 0.567. The molecule has 2 amide bonds. The molecule has 0 N–H and O–H groups in total. The van der Waals surface area contributed by atoms with Crippen LogP contribution in [0.25, 0.3) is 0 Å². The number of halogens is 2. The SMILES string of the molecule is CC(OC(=O)N1CCN(C2CCCCC2)CC1)[C@H]1CCC[C@@H](c2ccccc2)N1Oc1ccc(Cl)cc1.CC(OC(=O)N1CCN(C2CCCCC2)CC1)[C@H]1CCC[C@@H](c2ccccc2)N1Oc1ccc(Cl)cc1.O=S.O=S. The zero-order valence-corrected chi connectivity index (χ0v) is 48.6. The minimum Gasteiger partial charge on any atom is -0.445 e. The number of ether oxygens (including phenoxy) is 2. The number of hydroxylamine groups is 4. The van der Waals surface area contributed by atoms with Gasteiger partial charge in [0.15, 0.2) is 25.1 Å². The molecular weight excluding hydrogens is 1070 g/mol. The number of hydrogen-bond acceptors (Lipinski definition) is 14. The van der Waals surface area contributed by atoms with Crippen molar-refractivity contribution in [3.63, 3.8) is 0 Å². The van der Waals surface area contributed by atoms with E-state index in [-0.39, 0.29) is 48.6 Å². The van der Waals surface area contributed by atoms with E-state index >= 15 is 0 Å². The van der Waals surface area contributed by atoms with E-state index in [0.717, 1.165) is 102 Å². The molecular formula is C60H80Cl2N6O8S2. The maximum Gasteiger partial charge on any atom is 0.410 e. The van der Waals surface area contributed by atoms with Gasteiger partial charge in [0.2, 0.25) is 0 Å². The van der Waals surface area contributed by atoms with Crippen molar-refractivity contribution in [2.45, 2.75) is 165 Å². The lowest BCUT2D eigenvalue weighted by molar-refractivity contribution is -0.177. The lowest BCUT2D eigenvalue weighted by Crippen LogP contribution is -2.54. The van der Waals surface area contributed by atoms with Crippen LogP contribution < -0.4 is 9.68 Å². The fourth-order valence-electron chi connectivity index (χ4n) is 12.4. The van der Waals surface area contributed by atoms with E-state index in [4.69, 9.17) is 50.8 Å². The van der Waals surface area contributed by atoms with Crippen molar-refractivity contribution >= 4 is 60.5 Å². The monoisotopic (exact) mass is 1150 g/mol. The smallest absolute Gasteiger partial charge is 0.410 e. The number of piperazine rings is 2. The van der Waals surface area contributed by atoms with Crippen molar-refractivity contribution in [3.8, 4) is 11.5 Å². The number of benzene rings is 4. The minimum absolute atomic E-state index is 0.0536. The molecule has 424 valence electrons. The summed E-state index contributed by atoms with van der Waals surface area (Å²) in [7, 11) is 0. The standard InChI is InChI=1S/2C30H40ClN3O3.2OS/c2*1-23(36-30(35)33-21-19-32(20-22-33)26-11-6-3-7-12-26)28-13-8-14-29(24-9-4-2-5-10-24)34(28)37-27-17-15-25(31)16-18-27;2*1-2/h2*2,4-5,9-10,15-18,23,26,28-29H,3,6-8,11-14,19-22H2,1H3;;/t2*23?,28-,29+;;/m11../s1. The van der Waals surface area contributed by atoms with E-state index in [1.165, 1.54) is 75.3 Å². The average molecular weight is 1150 g/mol. The number of piperidine rings is 2. The highest BCUT2D eigenvalue weighted by atomic mass is 35.5. The predicted octanol–water partition coefficient (Wildman–Crippen LogP) is 12.7. The van der Waals surface area contributed by atoms with Crippen LogP contribution in [-0.4, -0.2) is 139 Å². The van der Waals surface area contributed by atoms with Gasteiger partial charge >= 0.3 is 12.2 Å². The number of hydrogen-bond donors (Lipinski definition) is 0. The molecule has 0 bridgehead atoms. The topological polar surface area (TPSA) is 125 Å². The van der Waals surface area contributed by atoms with E-state index < -0.39 is 0 Å². The summed E-state index contributed by atoms with van der Waals surface area (Å²) in [6.45, 7) is 10.8. The van der Waals surface area contributed by atoms with Crippen LogP contribution in [-0.2, 0) is 34.5 Å². The molecule has 0 aromatic heterocycles. The van der Waals surface area contributed by atoms with Crippen molar-refractivity contribution in [2.24, 2.45) is 0 Å². The van der Waals surface area contributed by atoms with Gasteiger partial charge in [0.05, 0.1) is 24.2 Å². The van der Waals surface area contributed by atoms with Crippen LogP contribution in [0.3, 0.4) is 0 Å². The highest BCUT2D eigenvalue weighted by molar-refractivity contribution is 7.44. The lowest BCUT2D eigenvalue weighted by atomic mass is 9.91. The zero-order chi connectivity index (χ0) is 55.2. The Morgan fingerprint density at radius 3 is 1.10 bits per heavy atom. The summed E-state index contributed by atoms with van der Waals surface area (Å²) in [5.74, 6) is 1.46. The Kier molecular flexibility index (Phi) is 25.1. The quantitative estimate of drug-likeness (QED) is 0.134. The molecule has 6 aliphatic rings. The van der Waals surface area contributed by atoms with Gasteiger partial charge in [-0.3, -0.25) is 9.80 Å². The summed E-state index contributed by atoms with van der Waals surface area (Å²) in [5.41, 5.74) is 2.41. The Bertz CT molecular complexity index is 2200. The first kappa shape index (κ1) is 61.1. The molecule has 4 aromatic rings. The fourth-order valence-corrected chi connectivity index (χ4v) is 12.7. The molecule has 2 unspecified atom stereocenters. The molecule has 0 radical (unpaired) electrons. The highest BCUT2D eigenvalue weighted by Gasteiger charge is 2.41. The Morgan fingerprint density at radius 1 is 0.436 bits per heavy atom. The molecule has 78 heavy (non-hydrogen) atoms. The van der Waals surface area contributed by atoms with Crippen molar-refractivity contribution in [1.29, 1.82) is 0 Å². The minimum atomic E-state index is -0.303. The Labute approximate surface area is 483 Å². The van der Waals surface area contributed by atoms with Crippen LogP contribution in [0.15, 0.2) is 109 Å². The van der Waals surface area contributed by atoms with Gasteiger partial charge in [-0.05, 0) is 138 Å². The molecule has 2 aliphatic carbocycles. The summed E-state index contributed by atoms with van der Waals surface area (Å²) in [6, 6.07) is 37.3. The van der Waals surface area contributed by atoms with Crippen LogP contribution in [0.1, 0.15) is 140 Å². The summed E-state index contributed by atoms with van der Waals surface area (Å²) >= 11 is 17.9. The highest BCUT2D eigenvalue weighted by Crippen LogP contribution is 2.39. The molecule has 6 atom stereocenters. The van der Waals surface area contributed by atoms with E-state index in [2.05, 4.69) is 93.5 Å². The van der Waals surface area contributed by atoms with Crippen molar-refractivity contribution < 1.29 is 37.2 Å². The van der Waals surface area contributed by atoms with Gasteiger partial charge in [0.25, 0.3) is 0 Å². The molecule has 4 saturated heterocycles. The number of carbonyl (C=O) groups is 2. The molecule has 2 saturated carbocycles. The molecule has 0 spiro atoms. The molecule has 14 nitrogen and oxygen atoms in total. The Morgan fingerprint density at radius 2 is 0.769 bits per heavy atom. The third-order valence-electron chi connectivity index (χ3n) is 16.6. The second-order valence-electron chi connectivity index (χ2n) is 21.5. The summed E-state index contributed by atoms with van der Waals surface area (Å²) in [5, 5.41) is 5.46. The van der Waals surface area contributed by atoms with Crippen molar-refractivity contribution in [1.82, 2.24) is 29.7 Å². The lowest BCUT2D eigenvalue weighted by Gasteiger charge is -2.44. The predicted molar refractivity (Wildman–Crippen MR) is 310 cm³/mol. The maximum atomic E-state index is 13.2. The van der Waals surface area contributed by atoms with Gasteiger partial charge in [-0.2, -0.15) is 8.42 Å². The van der Waals surface area contributed by atoms with Gasteiger partial charge < -0.3 is 28.9 Å². The van der Waals surface area contributed by atoms with Gasteiger partial charge in [-0.15, -0.1) is 10.1 Å². The Balaban J connectivity index is 0.000000213. The Hall–Kier alpha value is -4.52. The number of nitrogens with zero attached hydrogens (tertiary/aromatic N) is 6. The first-order valence-corrected chi connectivity index (χ1v) is 29.9. The van der Waals surface area contributed by atoms with Crippen molar-refractivity contribution in [2.75, 3.05) is 52.4 Å². The van der Waals surface area contributed by atoms with Crippen LogP contribution in [0, 0.1) is 0 Å². The van der Waals surface area contributed by atoms with Crippen LogP contribution in [0.5, 0.6) is 11.5 Å². The third-order valence-corrected chi connectivity index (χ3v) is 17.1. The summed E-state index contributed by atoms with van der Waals surface area (Å²) in [4.78, 5) is 48.3. The molecule has 4 heterocycles. The largest absolute Gasteiger partial charge is 0.445 e. The number of amides is 2. The van der Waals surface area contributed by atoms with Gasteiger partial charge in [0, 0.05) is 74.5 Å². The first-order valence-electron chi connectivity index (χ1n) is 28.4. The molecule has 4 aliphatic heterocycles. The van der Waals surface area contributed by atoms with E-state index in [1.807, 2.05) is 84.3 Å². The van der Waals surface area contributed by atoms with E-state index in [0.29, 0.717) is 22.1 Å². The van der Waals surface area contributed by atoms with E-state index in [1.54, 1.807) is 0 Å². The molecule has 4 aromatic carbocycles. The number of carbonyl (C=O) groups excluding carboxylic acids is 2.